The summed E-state index contributed by atoms with van der Waals surface area (Å²) in [6.07, 6.45) is 1.91. The summed E-state index contributed by atoms with van der Waals surface area (Å²) < 4.78 is 0. The quantitative estimate of drug-likeness (QED) is 0.104. The van der Waals surface area contributed by atoms with Crippen LogP contribution in [-0.2, 0) is 33.8 Å². The van der Waals surface area contributed by atoms with Crippen molar-refractivity contribution in [1.82, 2.24) is 16.0 Å². The molecule has 3 atom stereocenters. The zero-order valence-electron chi connectivity index (χ0n) is 25.8. The zero-order valence-corrected chi connectivity index (χ0v) is 25.8. The largest absolute Gasteiger partial charge is 0.368 e. The van der Waals surface area contributed by atoms with Gasteiger partial charge in [-0.1, -0.05) is 91.0 Å². The molecule has 9 N–H and O–H groups in total. The van der Waals surface area contributed by atoms with Crippen LogP contribution in [0.15, 0.2) is 97.1 Å². The fourth-order valence-electron chi connectivity index (χ4n) is 5.35. The van der Waals surface area contributed by atoms with E-state index >= 15 is 0 Å². The normalized spacial score (nSPS) is 12.9. The lowest BCUT2D eigenvalue weighted by atomic mass is 9.99. The number of fused-ring (bicyclic) bond motifs is 1. The van der Waals surface area contributed by atoms with E-state index in [-0.39, 0.29) is 19.4 Å². The number of amides is 4. The smallest absolute Gasteiger partial charge is 0.252 e. The second-order valence-corrected chi connectivity index (χ2v) is 11.3. The lowest BCUT2D eigenvalue weighted by Crippen LogP contribution is -2.57. The lowest BCUT2D eigenvalue weighted by molar-refractivity contribution is -0.132. The van der Waals surface area contributed by atoms with Crippen LogP contribution in [0.4, 0.5) is 0 Å². The van der Waals surface area contributed by atoms with Crippen LogP contribution in [0.5, 0.6) is 0 Å². The molecule has 0 spiro atoms. The maximum atomic E-state index is 14.0. The van der Waals surface area contributed by atoms with Gasteiger partial charge in [0.05, 0.1) is 0 Å². The van der Waals surface area contributed by atoms with Crippen molar-refractivity contribution >= 4 is 34.4 Å². The molecule has 46 heavy (non-hydrogen) atoms. The minimum Gasteiger partial charge on any atom is -0.368 e. The standard InChI is InChI=1S/C36H42N6O4/c37-19-9-8-16-30(33(39)43)40-35(45)31(21-24-10-2-1-3-11-24)42-36(46)32(41-34(44)29-15-7-6-14-28(29)23-38)22-25-17-18-26-12-4-5-13-27(26)20-25/h1-7,10-15,17-18,20,30-32H,8-9,16,19,21-23,37-38H2,(H2,39,43)(H,40,45)(H,41,44)(H,42,46)/t30-,31+,32+/m0/s1. The van der Waals surface area contributed by atoms with E-state index in [2.05, 4.69) is 16.0 Å². The van der Waals surface area contributed by atoms with Gasteiger partial charge in [-0.15, -0.1) is 0 Å². The van der Waals surface area contributed by atoms with Crippen molar-refractivity contribution < 1.29 is 19.2 Å². The molecule has 4 aromatic rings. The van der Waals surface area contributed by atoms with Crippen LogP contribution in [0, 0.1) is 0 Å². The van der Waals surface area contributed by atoms with Crippen LogP contribution in [0.3, 0.4) is 0 Å². The second kappa shape index (κ2) is 16.9. The number of hydrogen-bond donors (Lipinski definition) is 6. The average molecular weight is 623 g/mol. The molecule has 0 aliphatic heterocycles. The first kappa shape index (κ1) is 33.8. The molecule has 10 nitrogen and oxygen atoms in total. The van der Waals surface area contributed by atoms with E-state index in [1.165, 1.54) is 0 Å². The summed E-state index contributed by atoms with van der Waals surface area (Å²) in [5.41, 5.74) is 19.7. The first-order valence-corrected chi connectivity index (χ1v) is 15.5. The summed E-state index contributed by atoms with van der Waals surface area (Å²) in [5.74, 6) is -2.24. The van der Waals surface area contributed by atoms with Gasteiger partial charge in [0.25, 0.3) is 5.91 Å². The summed E-state index contributed by atoms with van der Waals surface area (Å²) in [5, 5.41) is 10.5. The summed E-state index contributed by atoms with van der Waals surface area (Å²) in [6.45, 7) is 0.600. The Labute approximate surface area is 269 Å². The highest BCUT2D eigenvalue weighted by Crippen LogP contribution is 2.18. The van der Waals surface area contributed by atoms with Gasteiger partial charge < -0.3 is 33.2 Å². The molecule has 0 aliphatic rings. The predicted octanol–water partition coefficient (Wildman–Crippen LogP) is 2.47. The monoisotopic (exact) mass is 622 g/mol. The van der Waals surface area contributed by atoms with Crippen LogP contribution in [0.2, 0.25) is 0 Å². The Morgan fingerprint density at radius 3 is 1.91 bits per heavy atom. The Morgan fingerprint density at radius 2 is 1.22 bits per heavy atom. The number of carbonyl (C=O) groups is 4. The fraction of sp³-hybridized carbons (Fsp3) is 0.278. The molecular formula is C36H42N6O4. The van der Waals surface area contributed by atoms with E-state index in [0.29, 0.717) is 36.9 Å². The van der Waals surface area contributed by atoms with E-state index in [9.17, 15) is 19.2 Å². The molecule has 0 fully saturated rings. The molecule has 0 bridgehead atoms. The molecule has 0 aromatic heterocycles. The summed E-state index contributed by atoms with van der Waals surface area (Å²) in [4.78, 5) is 53.3. The van der Waals surface area contributed by atoms with E-state index in [4.69, 9.17) is 17.2 Å². The average Bonchev–Trinajstić information content (AvgIpc) is 3.07. The number of carbonyl (C=O) groups excluding carboxylic acids is 4. The van der Waals surface area contributed by atoms with Crippen molar-refractivity contribution in [2.75, 3.05) is 6.54 Å². The van der Waals surface area contributed by atoms with Crippen LogP contribution >= 0.6 is 0 Å². The van der Waals surface area contributed by atoms with E-state index in [1.807, 2.05) is 72.8 Å². The molecule has 4 rings (SSSR count). The van der Waals surface area contributed by atoms with Gasteiger partial charge in [-0.05, 0) is 59.3 Å². The minimum absolute atomic E-state index is 0.150. The van der Waals surface area contributed by atoms with Gasteiger partial charge in [0, 0.05) is 24.9 Å². The van der Waals surface area contributed by atoms with Gasteiger partial charge in [0.15, 0.2) is 0 Å². The summed E-state index contributed by atoms with van der Waals surface area (Å²) in [6, 6.07) is 26.8. The fourth-order valence-corrected chi connectivity index (χ4v) is 5.35. The Morgan fingerprint density at radius 1 is 0.609 bits per heavy atom. The Bertz CT molecular complexity index is 1640. The number of benzene rings is 4. The van der Waals surface area contributed by atoms with E-state index in [0.717, 1.165) is 21.9 Å². The molecule has 0 saturated carbocycles. The van der Waals surface area contributed by atoms with Gasteiger partial charge in [-0.3, -0.25) is 19.2 Å². The third kappa shape index (κ3) is 9.47. The number of nitrogens with one attached hydrogen (secondary N) is 3. The Hall–Kier alpha value is -5.06. The lowest BCUT2D eigenvalue weighted by Gasteiger charge is -2.25. The van der Waals surface area contributed by atoms with Crippen LogP contribution in [0.1, 0.15) is 46.3 Å². The van der Waals surface area contributed by atoms with Crippen molar-refractivity contribution in [3.05, 3.63) is 119 Å². The Balaban J connectivity index is 1.62. The number of primary amides is 1. The van der Waals surface area contributed by atoms with E-state index in [1.54, 1.807) is 24.3 Å². The van der Waals surface area contributed by atoms with Gasteiger partial charge in [0.1, 0.15) is 18.1 Å². The summed E-state index contributed by atoms with van der Waals surface area (Å²) in [7, 11) is 0. The second-order valence-electron chi connectivity index (χ2n) is 11.3. The molecule has 4 aromatic carbocycles. The molecule has 10 heteroatoms. The third-order valence-corrected chi connectivity index (χ3v) is 7.88. The molecule has 0 saturated heterocycles. The van der Waals surface area contributed by atoms with Crippen molar-refractivity contribution in [2.45, 2.75) is 56.8 Å². The first-order chi connectivity index (χ1) is 22.3. The van der Waals surface area contributed by atoms with Crippen molar-refractivity contribution in [3.8, 4) is 0 Å². The molecule has 0 aliphatic carbocycles. The van der Waals surface area contributed by atoms with Crippen LogP contribution in [-0.4, -0.2) is 48.3 Å². The van der Waals surface area contributed by atoms with Crippen LogP contribution in [0.25, 0.3) is 10.8 Å². The first-order valence-electron chi connectivity index (χ1n) is 15.5. The van der Waals surface area contributed by atoms with Gasteiger partial charge in [-0.25, -0.2) is 0 Å². The minimum atomic E-state index is -1.06. The Kier molecular flexibility index (Phi) is 12.4. The number of rotatable bonds is 16. The van der Waals surface area contributed by atoms with Crippen molar-refractivity contribution in [2.24, 2.45) is 17.2 Å². The number of hydrogen-bond acceptors (Lipinski definition) is 6. The van der Waals surface area contributed by atoms with Gasteiger partial charge in [0.2, 0.25) is 17.7 Å². The molecule has 0 unspecified atom stereocenters. The summed E-state index contributed by atoms with van der Waals surface area (Å²) >= 11 is 0. The van der Waals surface area contributed by atoms with Gasteiger partial charge in [-0.2, -0.15) is 0 Å². The van der Waals surface area contributed by atoms with E-state index < -0.39 is 41.8 Å². The van der Waals surface area contributed by atoms with Crippen molar-refractivity contribution in [1.29, 1.82) is 0 Å². The highest BCUT2D eigenvalue weighted by molar-refractivity contribution is 6.00. The molecular weight excluding hydrogens is 580 g/mol. The molecule has 240 valence electrons. The van der Waals surface area contributed by atoms with Crippen molar-refractivity contribution in [3.63, 3.8) is 0 Å². The highest BCUT2D eigenvalue weighted by atomic mass is 16.2. The molecule has 0 radical (unpaired) electrons. The number of unbranched alkanes of at least 4 members (excludes halogenated alkanes) is 1. The van der Waals surface area contributed by atoms with Gasteiger partial charge >= 0.3 is 0 Å². The number of nitrogens with two attached hydrogens (primary N) is 3. The maximum Gasteiger partial charge on any atom is 0.252 e. The zero-order chi connectivity index (χ0) is 32.9. The molecule has 0 heterocycles. The predicted molar refractivity (Wildman–Crippen MR) is 179 cm³/mol. The highest BCUT2D eigenvalue weighted by Gasteiger charge is 2.30. The molecule has 4 amide bonds. The van der Waals surface area contributed by atoms with Crippen LogP contribution < -0.4 is 33.2 Å². The maximum absolute atomic E-state index is 14.0. The SMILES string of the molecule is NCCCC[C@H](NC(=O)[C@@H](Cc1ccccc1)NC(=O)[C@@H](Cc1ccc2ccccc2c1)NC(=O)c1ccccc1CN)C(N)=O. The third-order valence-electron chi connectivity index (χ3n) is 7.88. The topological polar surface area (TPSA) is 182 Å².